The lowest BCUT2D eigenvalue weighted by atomic mass is 10.0. The highest BCUT2D eigenvalue weighted by atomic mass is 79.9. The third kappa shape index (κ3) is 7.10. The zero-order chi connectivity index (χ0) is 12.3. The molecule has 0 aliphatic heterocycles. The van der Waals surface area contributed by atoms with Crippen LogP contribution < -0.4 is 0 Å². The van der Waals surface area contributed by atoms with E-state index < -0.39 is 0 Å². The smallest absolute Gasteiger partial charge is 0.0437 e. The van der Waals surface area contributed by atoms with Crippen LogP contribution in [0, 0.1) is 0 Å². The van der Waals surface area contributed by atoms with Crippen LogP contribution in [-0.2, 0) is 6.42 Å². The molecule has 1 rings (SSSR count). The summed E-state index contributed by atoms with van der Waals surface area (Å²) in [6, 6.07) is 8.19. The maximum absolute atomic E-state index is 6.12. The fraction of sp³-hybridized carbons (Fsp3) is 0.600. The first-order valence-corrected chi connectivity index (χ1v) is 8.14. The number of benzene rings is 1. The highest BCUT2D eigenvalue weighted by Gasteiger charge is 1.98. The van der Waals surface area contributed by atoms with Crippen molar-refractivity contribution in [3.8, 4) is 0 Å². The average molecular weight is 318 g/mol. The van der Waals surface area contributed by atoms with E-state index in [2.05, 4.69) is 28.1 Å². The van der Waals surface area contributed by atoms with Gasteiger partial charge in [0, 0.05) is 10.4 Å². The van der Waals surface area contributed by atoms with Crippen molar-refractivity contribution in [1.29, 1.82) is 0 Å². The summed E-state index contributed by atoms with van der Waals surface area (Å²) >= 11 is 9.58. The second-order valence-electron chi connectivity index (χ2n) is 4.51. The minimum absolute atomic E-state index is 0.921. The SMILES string of the molecule is Clc1ccccc1CCCCCCCCCBr. The lowest BCUT2D eigenvalue weighted by molar-refractivity contribution is 0.591. The Morgan fingerprint density at radius 1 is 0.824 bits per heavy atom. The van der Waals surface area contributed by atoms with E-state index in [9.17, 15) is 0 Å². The Morgan fingerprint density at radius 3 is 2.06 bits per heavy atom. The summed E-state index contributed by atoms with van der Waals surface area (Å²) in [6.45, 7) is 0. The summed E-state index contributed by atoms with van der Waals surface area (Å²) < 4.78 is 0. The molecule has 96 valence electrons. The van der Waals surface area contributed by atoms with Crippen molar-refractivity contribution in [2.75, 3.05) is 5.33 Å². The summed E-state index contributed by atoms with van der Waals surface area (Å²) in [5.41, 5.74) is 1.30. The van der Waals surface area contributed by atoms with Gasteiger partial charge in [-0.15, -0.1) is 0 Å². The van der Waals surface area contributed by atoms with Crippen LogP contribution in [0.25, 0.3) is 0 Å². The van der Waals surface area contributed by atoms with Crippen molar-refractivity contribution in [3.63, 3.8) is 0 Å². The molecule has 1 aromatic rings. The maximum atomic E-state index is 6.12. The van der Waals surface area contributed by atoms with E-state index >= 15 is 0 Å². The number of rotatable bonds is 9. The predicted octanol–water partition coefficient (Wildman–Crippen LogP) is 6.01. The van der Waals surface area contributed by atoms with Gasteiger partial charge in [0.2, 0.25) is 0 Å². The van der Waals surface area contributed by atoms with Crippen molar-refractivity contribution in [3.05, 3.63) is 34.9 Å². The molecule has 1 aromatic carbocycles. The third-order valence-electron chi connectivity index (χ3n) is 3.04. The highest BCUT2D eigenvalue weighted by molar-refractivity contribution is 9.09. The number of hydrogen-bond acceptors (Lipinski definition) is 0. The molecule has 2 heteroatoms. The molecule has 0 bridgehead atoms. The Bertz CT molecular complexity index is 299. The molecule has 17 heavy (non-hydrogen) atoms. The van der Waals surface area contributed by atoms with Crippen molar-refractivity contribution in [1.82, 2.24) is 0 Å². The summed E-state index contributed by atoms with van der Waals surface area (Å²) in [5, 5.41) is 2.07. The number of aryl methyl sites for hydroxylation is 1. The lowest BCUT2D eigenvalue weighted by Crippen LogP contribution is -1.87. The molecule has 0 fully saturated rings. The molecule has 0 N–H and O–H groups in total. The Kier molecular flexibility index (Phi) is 8.82. The van der Waals surface area contributed by atoms with Crippen LogP contribution in [-0.4, -0.2) is 5.33 Å². The Morgan fingerprint density at radius 2 is 1.41 bits per heavy atom. The fourth-order valence-electron chi connectivity index (χ4n) is 1.99. The average Bonchev–Trinajstić information content (AvgIpc) is 2.35. The van der Waals surface area contributed by atoms with Crippen molar-refractivity contribution < 1.29 is 0 Å². The summed E-state index contributed by atoms with van der Waals surface area (Å²) in [6.07, 6.45) is 10.6. The van der Waals surface area contributed by atoms with Crippen molar-refractivity contribution >= 4 is 27.5 Å². The van der Waals surface area contributed by atoms with Gasteiger partial charge in [0.15, 0.2) is 0 Å². The number of unbranched alkanes of at least 4 members (excludes halogenated alkanes) is 6. The van der Waals surface area contributed by atoms with Crippen LogP contribution in [0.1, 0.15) is 50.5 Å². The van der Waals surface area contributed by atoms with E-state index in [4.69, 9.17) is 11.6 Å². The number of hydrogen-bond donors (Lipinski definition) is 0. The van der Waals surface area contributed by atoms with E-state index in [0.29, 0.717) is 0 Å². The van der Waals surface area contributed by atoms with Gasteiger partial charge in [-0.25, -0.2) is 0 Å². The summed E-state index contributed by atoms with van der Waals surface area (Å²) in [7, 11) is 0. The topological polar surface area (TPSA) is 0 Å². The molecular weight excluding hydrogens is 296 g/mol. The molecule has 0 nitrogen and oxygen atoms in total. The van der Waals surface area contributed by atoms with Crippen LogP contribution in [0.2, 0.25) is 5.02 Å². The minimum atomic E-state index is 0.921. The molecule has 0 heterocycles. The largest absolute Gasteiger partial charge is 0.0928 e. The maximum Gasteiger partial charge on any atom is 0.0437 e. The second kappa shape index (κ2) is 9.96. The van der Waals surface area contributed by atoms with Crippen LogP contribution in [0.3, 0.4) is 0 Å². The molecule has 0 aliphatic carbocycles. The highest BCUT2D eigenvalue weighted by Crippen LogP contribution is 2.18. The van der Waals surface area contributed by atoms with Gasteiger partial charge in [0.25, 0.3) is 0 Å². The molecule has 0 aliphatic rings. The molecule has 0 saturated carbocycles. The Hall–Kier alpha value is -0.0100. The first-order chi connectivity index (χ1) is 8.34. The van der Waals surface area contributed by atoms with Crippen molar-refractivity contribution in [2.24, 2.45) is 0 Å². The predicted molar refractivity (Wildman–Crippen MR) is 81.3 cm³/mol. The van der Waals surface area contributed by atoms with Gasteiger partial charge in [0.05, 0.1) is 0 Å². The molecule has 0 radical (unpaired) electrons. The summed E-state index contributed by atoms with van der Waals surface area (Å²) in [4.78, 5) is 0. The van der Waals surface area contributed by atoms with Crippen LogP contribution in [0.4, 0.5) is 0 Å². The fourth-order valence-corrected chi connectivity index (χ4v) is 2.62. The minimum Gasteiger partial charge on any atom is -0.0928 e. The van der Waals surface area contributed by atoms with Gasteiger partial charge < -0.3 is 0 Å². The lowest BCUT2D eigenvalue weighted by Gasteiger charge is -2.04. The molecular formula is C15H22BrCl. The molecule has 0 spiro atoms. The van der Waals surface area contributed by atoms with E-state index in [1.165, 1.54) is 50.5 Å². The Labute approximate surface area is 119 Å². The quantitative estimate of drug-likeness (QED) is 0.386. The van der Waals surface area contributed by atoms with Crippen molar-refractivity contribution in [2.45, 2.75) is 51.4 Å². The Balaban J connectivity index is 1.99. The first kappa shape index (κ1) is 15.0. The van der Waals surface area contributed by atoms with Gasteiger partial charge in [-0.2, -0.15) is 0 Å². The second-order valence-corrected chi connectivity index (χ2v) is 5.71. The van der Waals surface area contributed by atoms with Gasteiger partial charge in [0.1, 0.15) is 0 Å². The van der Waals surface area contributed by atoms with E-state index in [1.807, 2.05) is 12.1 Å². The van der Waals surface area contributed by atoms with E-state index in [-0.39, 0.29) is 0 Å². The zero-order valence-electron chi connectivity index (χ0n) is 10.4. The third-order valence-corrected chi connectivity index (χ3v) is 3.97. The van der Waals surface area contributed by atoms with Crippen LogP contribution in [0.15, 0.2) is 24.3 Å². The molecule has 0 unspecified atom stereocenters. The van der Waals surface area contributed by atoms with E-state index in [1.54, 1.807) is 0 Å². The van der Waals surface area contributed by atoms with Gasteiger partial charge in [-0.3, -0.25) is 0 Å². The van der Waals surface area contributed by atoms with Gasteiger partial charge in [-0.1, -0.05) is 77.8 Å². The van der Waals surface area contributed by atoms with Crippen LogP contribution >= 0.6 is 27.5 Å². The van der Waals surface area contributed by atoms with Crippen LogP contribution in [0.5, 0.6) is 0 Å². The molecule has 0 aromatic heterocycles. The number of halogens is 2. The van der Waals surface area contributed by atoms with E-state index in [0.717, 1.165) is 16.8 Å². The first-order valence-electron chi connectivity index (χ1n) is 6.64. The molecule has 0 amide bonds. The monoisotopic (exact) mass is 316 g/mol. The zero-order valence-corrected chi connectivity index (χ0v) is 12.8. The standard InChI is InChI=1S/C15H22BrCl/c16-13-9-5-3-1-2-4-6-10-14-11-7-8-12-15(14)17/h7-8,11-12H,1-6,9-10,13H2. The van der Waals surface area contributed by atoms with Gasteiger partial charge in [-0.05, 0) is 30.9 Å². The van der Waals surface area contributed by atoms with Gasteiger partial charge >= 0.3 is 0 Å². The summed E-state index contributed by atoms with van der Waals surface area (Å²) in [5.74, 6) is 0. The molecule has 0 saturated heterocycles. The normalized spacial score (nSPS) is 10.7. The molecule has 0 atom stereocenters. The number of alkyl halides is 1.